The fourth-order valence-corrected chi connectivity index (χ4v) is 3.70. The second-order valence-electron chi connectivity index (χ2n) is 8.27. The topological polar surface area (TPSA) is 52.6 Å². The van der Waals surface area contributed by atoms with Crippen LogP contribution in [0.3, 0.4) is 0 Å². The number of hydrogen-bond acceptors (Lipinski definition) is 4. The summed E-state index contributed by atoms with van der Waals surface area (Å²) < 4.78 is 11.2. The molecule has 30 heavy (non-hydrogen) atoms. The van der Waals surface area contributed by atoms with Gasteiger partial charge in [0.1, 0.15) is 5.75 Å². The van der Waals surface area contributed by atoms with Crippen molar-refractivity contribution in [3.8, 4) is 5.75 Å². The van der Waals surface area contributed by atoms with E-state index in [2.05, 4.69) is 20.8 Å². The Morgan fingerprint density at radius 1 is 1.00 bits per heavy atom. The number of rotatable bonds is 9. The monoisotopic (exact) mass is 410 g/mol. The van der Waals surface area contributed by atoms with Crippen LogP contribution in [0.15, 0.2) is 36.4 Å². The van der Waals surface area contributed by atoms with Crippen molar-refractivity contribution in [2.75, 3.05) is 6.61 Å². The van der Waals surface area contributed by atoms with Crippen LogP contribution in [0.2, 0.25) is 0 Å². The van der Waals surface area contributed by atoms with Gasteiger partial charge in [-0.25, -0.2) is 4.79 Å². The Kier molecular flexibility index (Phi) is 8.64. The smallest absolute Gasteiger partial charge is 0.343 e. The van der Waals surface area contributed by atoms with E-state index in [1.807, 2.05) is 38.1 Å². The number of aryl methyl sites for hydroxylation is 3. The molecule has 0 aliphatic rings. The van der Waals surface area contributed by atoms with E-state index in [9.17, 15) is 9.59 Å². The van der Waals surface area contributed by atoms with Gasteiger partial charge in [0.05, 0.1) is 18.1 Å². The molecule has 2 rings (SSSR count). The molecule has 0 aliphatic carbocycles. The van der Waals surface area contributed by atoms with Crippen LogP contribution in [-0.4, -0.2) is 18.5 Å². The van der Waals surface area contributed by atoms with Crippen molar-refractivity contribution in [2.45, 2.75) is 66.7 Å². The molecule has 0 spiro atoms. The minimum absolute atomic E-state index is 0.280. The Bertz CT molecular complexity index is 865. The second kappa shape index (κ2) is 11.0. The van der Waals surface area contributed by atoms with Gasteiger partial charge in [-0.1, -0.05) is 57.0 Å². The Labute approximate surface area is 180 Å². The SMILES string of the molecule is CCCc1ccc(C(=O)Oc2c(C)cc(C)cc2C(CC(C)C)C(=O)OCC)cc1. The summed E-state index contributed by atoms with van der Waals surface area (Å²) >= 11 is 0. The summed E-state index contributed by atoms with van der Waals surface area (Å²) in [5.41, 5.74) is 4.26. The van der Waals surface area contributed by atoms with Gasteiger partial charge in [-0.3, -0.25) is 4.79 Å². The van der Waals surface area contributed by atoms with E-state index in [1.165, 1.54) is 5.56 Å². The summed E-state index contributed by atoms with van der Waals surface area (Å²) in [7, 11) is 0. The molecule has 0 aromatic heterocycles. The Hall–Kier alpha value is -2.62. The highest BCUT2D eigenvalue weighted by Gasteiger charge is 2.28. The highest BCUT2D eigenvalue weighted by molar-refractivity contribution is 5.92. The van der Waals surface area contributed by atoms with Crippen molar-refractivity contribution >= 4 is 11.9 Å². The van der Waals surface area contributed by atoms with Gasteiger partial charge >= 0.3 is 11.9 Å². The van der Waals surface area contributed by atoms with Crippen LogP contribution in [0.1, 0.15) is 79.1 Å². The molecule has 1 atom stereocenters. The lowest BCUT2D eigenvalue weighted by molar-refractivity contribution is -0.145. The van der Waals surface area contributed by atoms with Crippen molar-refractivity contribution in [1.29, 1.82) is 0 Å². The quantitative estimate of drug-likeness (QED) is 0.366. The maximum absolute atomic E-state index is 12.9. The van der Waals surface area contributed by atoms with Crippen LogP contribution in [0.25, 0.3) is 0 Å². The largest absolute Gasteiger partial charge is 0.466 e. The van der Waals surface area contributed by atoms with Crippen molar-refractivity contribution in [2.24, 2.45) is 5.92 Å². The predicted octanol–water partition coefficient (Wildman–Crippen LogP) is 6.17. The van der Waals surface area contributed by atoms with Crippen LogP contribution in [0.4, 0.5) is 0 Å². The summed E-state index contributed by atoms with van der Waals surface area (Å²) in [6.07, 6.45) is 2.66. The second-order valence-corrected chi connectivity index (χ2v) is 8.27. The minimum Gasteiger partial charge on any atom is -0.466 e. The maximum Gasteiger partial charge on any atom is 0.343 e. The van der Waals surface area contributed by atoms with E-state index >= 15 is 0 Å². The average molecular weight is 411 g/mol. The first kappa shape index (κ1) is 23.7. The number of esters is 2. The van der Waals surface area contributed by atoms with Gasteiger partial charge in [0.25, 0.3) is 0 Å². The van der Waals surface area contributed by atoms with Gasteiger partial charge in [-0.15, -0.1) is 0 Å². The van der Waals surface area contributed by atoms with E-state index < -0.39 is 11.9 Å². The third-order valence-corrected chi connectivity index (χ3v) is 5.02. The van der Waals surface area contributed by atoms with Crippen LogP contribution >= 0.6 is 0 Å². The molecule has 0 bridgehead atoms. The first-order valence-corrected chi connectivity index (χ1v) is 10.9. The molecule has 2 aromatic carbocycles. The fraction of sp³-hybridized carbons (Fsp3) is 0.462. The first-order chi connectivity index (χ1) is 14.3. The third-order valence-electron chi connectivity index (χ3n) is 5.02. The van der Waals surface area contributed by atoms with Crippen LogP contribution < -0.4 is 4.74 Å². The van der Waals surface area contributed by atoms with Gasteiger partial charge in [0.15, 0.2) is 0 Å². The number of carbonyl (C=O) groups is 2. The average Bonchev–Trinajstić information content (AvgIpc) is 2.68. The molecule has 0 heterocycles. The zero-order chi connectivity index (χ0) is 22.3. The fourth-order valence-electron chi connectivity index (χ4n) is 3.70. The van der Waals surface area contributed by atoms with Crippen molar-refractivity contribution < 1.29 is 19.1 Å². The molecule has 4 nitrogen and oxygen atoms in total. The Balaban J connectivity index is 2.41. The van der Waals surface area contributed by atoms with Crippen molar-refractivity contribution in [3.63, 3.8) is 0 Å². The molecule has 0 fully saturated rings. The first-order valence-electron chi connectivity index (χ1n) is 10.9. The van der Waals surface area contributed by atoms with E-state index in [1.54, 1.807) is 19.1 Å². The lowest BCUT2D eigenvalue weighted by atomic mass is 9.87. The molecule has 0 radical (unpaired) electrons. The van der Waals surface area contributed by atoms with E-state index in [4.69, 9.17) is 9.47 Å². The molecule has 0 amide bonds. The number of benzene rings is 2. The minimum atomic E-state index is -0.474. The van der Waals surface area contributed by atoms with Crippen LogP contribution in [-0.2, 0) is 16.0 Å². The number of ether oxygens (including phenoxy) is 2. The lowest BCUT2D eigenvalue weighted by Gasteiger charge is -2.22. The highest BCUT2D eigenvalue weighted by atomic mass is 16.5. The maximum atomic E-state index is 12.9. The summed E-state index contributed by atoms with van der Waals surface area (Å²) in [6.45, 7) is 12.3. The molecule has 0 aliphatic heterocycles. The van der Waals surface area contributed by atoms with Crippen LogP contribution in [0.5, 0.6) is 5.75 Å². The summed E-state index contributed by atoms with van der Waals surface area (Å²) in [5, 5.41) is 0. The third kappa shape index (κ3) is 6.19. The molecular formula is C26H34O4. The number of carbonyl (C=O) groups excluding carboxylic acids is 2. The number of hydrogen-bond donors (Lipinski definition) is 0. The zero-order valence-electron chi connectivity index (χ0n) is 19.1. The molecule has 0 saturated carbocycles. The van der Waals surface area contributed by atoms with Gasteiger partial charge in [-0.05, 0) is 62.8 Å². The molecule has 0 N–H and O–H groups in total. The zero-order valence-corrected chi connectivity index (χ0v) is 19.1. The Morgan fingerprint density at radius 3 is 2.23 bits per heavy atom. The van der Waals surface area contributed by atoms with Gasteiger partial charge in [-0.2, -0.15) is 0 Å². The van der Waals surface area contributed by atoms with E-state index in [0.717, 1.165) is 29.5 Å². The molecule has 0 saturated heterocycles. The molecule has 2 aromatic rings. The Morgan fingerprint density at radius 2 is 1.67 bits per heavy atom. The van der Waals surface area contributed by atoms with Gasteiger partial charge < -0.3 is 9.47 Å². The summed E-state index contributed by atoms with van der Waals surface area (Å²) in [6, 6.07) is 11.4. The summed E-state index contributed by atoms with van der Waals surface area (Å²) in [5.74, 6) is -0.425. The van der Waals surface area contributed by atoms with Crippen molar-refractivity contribution in [3.05, 3.63) is 64.2 Å². The standard InChI is InChI=1S/C26H34O4/c1-7-9-20-10-12-21(13-11-20)25(27)30-24-19(6)15-18(5)16-22(24)23(14-17(3)4)26(28)29-8-2/h10-13,15-17,23H,7-9,14H2,1-6H3. The van der Waals surface area contributed by atoms with Gasteiger partial charge in [0.2, 0.25) is 0 Å². The molecular weight excluding hydrogens is 376 g/mol. The van der Waals surface area contributed by atoms with Gasteiger partial charge in [0, 0.05) is 5.56 Å². The normalized spacial score (nSPS) is 12.0. The van der Waals surface area contributed by atoms with E-state index in [-0.39, 0.29) is 11.9 Å². The predicted molar refractivity (Wildman–Crippen MR) is 120 cm³/mol. The lowest BCUT2D eigenvalue weighted by Crippen LogP contribution is -2.20. The summed E-state index contributed by atoms with van der Waals surface area (Å²) in [4.78, 5) is 25.6. The highest BCUT2D eigenvalue weighted by Crippen LogP contribution is 2.36. The molecule has 1 unspecified atom stereocenters. The molecule has 162 valence electrons. The molecule has 4 heteroatoms. The van der Waals surface area contributed by atoms with E-state index in [0.29, 0.717) is 24.3 Å². The van der Waals surface area contributed by atoms with Crippen molar-refractivity contribution in [1.82, 2.24) is 0 Å². The van der Waals surface area contributed by atoms with Crippen LogP contribution in [0, 0.1) is 19.8 Å².